The van der Waals surface area contributed by atoms with Crippen LogP contribution in [0.5, 0.6) is 0 Å². The minimum atomic E-state index is 0.305. The molecule has 116 valence electrons. The highest BCUT2D eigenvalue weighted by Crippen LogP contribution is 2.35. The minimum Gasteiger partial charge on any atom is -0.465 e. The van der Waals surface area contributed by atoms with Crippen LogP contribution in [-0.2, 0) is 16.0 Å². The first-order chi connectivity index (χ1) is 10.3. The molecule has 2 heterocycles. The van der Waals surface area contributed by atoms with Crippen molar-refractivity contribution in [3.05, 3.63) is 36.3 Å². The second-order valence-corrected chi connectivity index (χ2v) is 6.05. The third-order valence-electron chi connectivity index (χ3n) is 4.56. The van der Waals surface area contributed by atoms with Crippen LogP contribution in [0.25, 0.3) is 0 Å². The number of hydrogen-bond acceptors (Lipinski definition) is 4. The van der Waals surface area contributed by atoms with Gasteiger partial charge in [-0.05, 0) is 31.9 Å². The number of rotatable bonds is 6. The van der Waals surface area contributed by atoms with Gasteiger partial charge in [0.25, 0.3) is 0 Å². The molecule has 2 fully saturated rings. The van der Waals surface area contributed by atoms with Gasteiger partial charge >= 0.3 is 0 Å². The molecule has 0 unspecified atom stereocenters. The highest BCUT2D eigenvalue weighted by molar-refractivity contribution is 5.06. The van der Waals surface area contributed by atoms with E-state index in [1.165, 1.54) is 12.8 Å². The Labute approximate surface area is 126 Å². The Hall–Kier alpha value is -1.10. The molecule has 0 N–H and O–H groups in total. The zero-order valence-corrected chi connectivity index (χ0v) is 12.8. The second-order valence-electron chi connectivity index (χ2n) is 6.05. The SMILES string of the molecule is C=CCOC[C@@H]1CC[C@H]2[C@@H]1OCCN2Cc1ccc(C)o1. The summed E-state index contributed by atoms with van der Waals surface area (Å²) in [6.07, 6.45) is 4.48. The molecule has 1 aromatic heterocycles. The normalized spacial score (nSPS) is 29.5. The molecular formula is C17H25NO3. The van der Waals surface area contributed by atoms with Crippen LogP contribution in [0.4, 0.5) is 0 Å². The van der Waals surface area contributed by atoms with Crippen LogP contribution in [-0.4, -0.2) is 43.4 Å². The van der Waals surface area contributed by atoms with Crippen LogP contribution in [0, 0.1) is 12.8 Å². The topological polar surface area (TPSA) is 34.8 Å². The average molecular weight is 291 g/mol. The van der Waals surface area contributed by atoms with Crippen molar-refractivity contribution in [2.45, 2.75) is 38.5 Å². The van der Waals surface area contributed by atoms with Gasteiger partial charge in [-0.25, -0.2) is 0 Å². The Morgan fingerprint density at radius 3 is 3.10 bits per heavy atom. The first kappa shape index (κ1) is 14.8. The smallest absolute Gasteiger partial charge is 0.118 e. The van der Waals surface area contributed by atoms with Crippen LogP contribution >= 0.6 is 0 Å². The summed E-state index contributed by atoms with van der Waals surface area (Å²) in [5.41, 5.74) is 0. The van der Waals surface area contributed by atoms with Gasteiger partial charge in [0.2, 0.25) is 0 Å². The molecule has 0 bridgehead atoms. The van der Waals surface area contributed by atoms with Crippen molar-refractivity contribution in [1.29, 1.82) is 0 Å². The summed E-state index contributed by atoms with van der Waals surface area (Å²) in [6.45, 7) is 9.77. The molecule has 21 heavy (non-hydrogen) atoms. The Bertz CT molecular complexity index is 470. The summed E-state index contributed by atoms with van der Waals surface area (Å²) in [5.74, 6) is 2.55. The minimum absolute atomic E-state index is 0.305. The molecule has 0 radical (unpaired) electrons. The maximum atomic E-state index is 6.04. The third-order valence-corrected chi connectivity index (χ3v) is 4.56. The highest BCUT2D eigenvalue weighted by Gasteiger charge is 2.42. The van der Waals surface area contributed by atoms with E-state index in [0.717, 1.165) is 37.8 Å². The Kier molecular flexibility index (Phi) is 4.78. The number of aryl methyl sites for hydroxylation is 1. The van der Waals surface area contributed by atoms with E-state index in [4.69, 9.17) is 13.9 Å². The zero-order chi connectivity index (χ0) is 14.7. The van der Waals surface area contributed by atoms with E-state index in [1.54, 1.807) is 6.08 Å². The molecule has 4 heteroatoms. The first-order valence-electron chi connectivity index (χ1n) is 7.87. The summed E-state index contributed by atoms with van der Waals surface area (Å²) in [6, 6.07) is 4.62. The summed E-state index contributed by atoms with van der Waals surface area (Å²) in [5, 5.41) is 0. The number of nitrogens with zero attached hydrogens (tertiary/aromatic N) is 1. The Balaban J connectivity index is 1.59. The van der Waals surface area contributed by atoms with E-state index in [2.05, 4.69) is 17.5 Å². The predicted octanol–water partition coefficient (Wildman–Crippen LogP) is 2.77. The molecule has 4 nitrogen and oxygen atoms in total. The van der Waals surface area contributed by atoms with Crippen LogP contribution in [0.1, 0.15) is 24.4 Å². The van der Waals surface area contributed by atoms with Crippen LogP contribution in [0.15, 0.2) is 29.2 Å². The van der Waals surface area contributed by atoms with Crippen LogP contribution in [0.2, 0.25) is 0 Å². The maximum Gasteiger partial charge on any atom is 0.118 e. The number of ether oxygens (including phenoxy) is 2. The highest BCUT2D eigenvalue weighted by atomic mass is 16.5. The third kappa shape index (κ3) is 3.39. The Morgan fingerprint density at radius 1 is 1.43 bits per heavy atom. The number of hydrogen-bond donors (Lipinski definition) is 0. The van der Waals surface area contributed by atoms with Crippen molar-refractivity contribution >= 4 is 0 Å². The van der Waals surface area contributed by atoms with Crippen molar-refractivity contribution in [3.63, 3.8) is 0 Å². The fourth-order valence-corrected chi connectivity index (χ4v) is 3.58. The van der Waals surface area contributed by atoms with E-state index in [9.17, 15) is 0 Å². The average Bonchev–Trinajstić information content (AvgIpc) is 3.07. The molecule has 1 saturated heterocycles. The number of furan rings is 1. The van der Waals surface area contributed by atoms with Crippen molar-refractivity contribution in [3.8, 4) is 0 Å². The molecule has 3 atom stereocenters. The molecule has 0 aromatic carbocycles. The van der Waals surface area contributed by atoms with Gasteiger partial charge in [-0.1, -0.05) is 6.08 Å². The Morgan fingerprint density at radius 2 is 2.33 bits per heavy atom. The van der Waals surface area contributed by atoms with Crippen LogP contribution in [0.3, 0.4) is 0 Å². The predicted molar refractivity (Wildman–Crippen MR) is 81.1 cm³/mol. The van der Waals surface area contributed by atoms with Gasteiger partial charge in [-0.3, -0.25) is 4.90 Å². The van der Waals surface area contributed by atoms with Gasteiger partial charge in [0.05, 0.1) is 32.5 Å². The summed E-state index contributed by atoms with van der Waals surface area (Å²) >= 11 is 0. The maximum absolute atomic E-state index is 6.04. The van der Waals surface area contributed by atoms with Crippen molar-refractivity contribution in [2.24, 2.45) is 5.92 Å². The van der Waals surface area contributed by atoms with E-state index in [0.29, 0.717) is 24.7 Å². The standard InChI is InChI=1S/C17H25NO3/c1-3-9-19-12-14-5-7-16-17(14)20-10-8-18(16)11-15-6-4-13(2)21-15/h3-4,6,14,16-17H,1,5,7-12H2,2H3/t14-,16-,17+/m0/s1. The number of fused-ring (bicyclic) bond motifs is 1. The van der Waals surface area contributed by atoms with Gasteiger partial charge in [0.15, 0.2) is 0 Å². The fourth-order valence-electron chi connectivity index (χ4n) is 3.58. The largest absolute Gasteiger partial charge is 0.465 e. The fraction of sp³-hybridized carbons (Fsp3) is 0.647. The van der Waals surface area contributed by atoms with Gasteiger partial charge in [0.1, 0.15) is 11.5 Å². The molecule has 1 saturated carbocycles. The lowest BCUT2D eigenvalue weighted by Crippen LogP contribution is -2.50. The van der Waals surface area contributed by atoms with E-state index in [1.807, 2.05) is 13.0 Å². The lowest BCUT2D eigenvalue weighted by Gasteiger charge is -2.38. The van der Waals surface area contributed by atoms with Gasteiger partial charge < -0.3 is 13.9 Å². The van der Waals surface area contributed by atoms with Crippen molar-refractivity contribution in [2.75, 3.05) is 26.4 Å². The summed E-state index contributed by atoms with van der Waals surface area (Å²) in [7, 11) is 0. The van der Waals surface area contributed by atoms with E-state index < -0.39 is 0 Å². The van der Waals surface area contributed by atoms with Crippen molar-refractivity contribution < 1.29 is 13.9 Å². The zero-order valence-electron chi connectivity index (χ0n) is 12.8. The molecule has 1 aliphatic heterocycles. The molecule has 3 rings (SSSR count). The van der Waals surface area contributed by atoms with Gasteiger partial charge in [0, 0.05) is 18.5 Å². The molecular weight excluding hydrogens is 266 g/mol. The lowest BCUT2D eigenvalue weighted by atomic mass is 10.0. The van der Waals surface area contributed by atoms with E-state index in [-0.39, 0.29) is 0 Å². The van der Waals surface area contributed by atoms with Gasteiger partial charge in [-0.2, -0.15) is 0 Å². The van der Waals surface area contributed by atoms with Crippen LogP contribution < -0.4 is 0 Å². The van der Waals surface area contributed by atoms with E-state index >= 15 is 0 Å². The number of morpholine rings is 1. The lowest BCUT2D eigenvalue weighted by molar-refractivity contribution is -0.0882. The second kappa shape index (κ2) is 6.77. The summed E-state index contributed by atoms with van der Waals surface area (Å²) in [4.78, 5) is 2.51. The molecule has 0 spiro atoms. The molecule has 2 aliphatic rings. The first-order valence-corrected chi connectivity index (χ1v) is 7.87. The van der Waals surface area contributed by atoms with Crippen molar-refractivity contribution in [1.82, 2.24) is 4.90 Å². The molecule has 0 amide bonds. The summed E-state index contributed by atoms with van der Waals surface area (Å²) < 4.78 is 17.4. The molecule has 1 aromatic rings. The molecule has 1 aliphatic carbocycles. The quantitative estimate of drug-likeness (QED) is 0.596. The monoisotopic (exact) mass is 291 g/mol. The van der Waals surface area contributed by atoms with Gasteiger partial charge in [-0.15, -0.1) is 6.58 Å².